The second-order valence-corrected chi connectivity index (χ2v) is 6.15. The molecule has 0 bridgehead atoms. The Hall–Kier alpha value is -0.420. The number of piperidine rings is 2. The Morgan fingerprint density at radius 2 is 1.00 bits per heavy atom. The van der Waals surface area contributed by atoms with E-state index in [-0.39, 0.29) is 0 Å². The third kappa shape index (κ3) is 3.54. The number of likely N-dealkylation sites (tertiary alicyclic amines) is 2. The van der Waals surface area contributed by atoms with Gasteiger partial charge in [0.05, 0.1) is 11.2 Å². The van der Waals surface area contributed by atoms with E-state index in [1.807, 2.05) is 12.2 Å². The van der Waals surface area contributed by atoms with Crippen LogP contribution in [-0.4, -0.2) is 71.5 Å². The van der Waals surface area contributed by atoms with E-state index in [1.54, 1.807) is 0 Å². The monoisotopic (exact) mass is 254 g/mol. The van der Waals surface area contributed by atoms with E-state index in [0.717, 1.165) is 51.9 Å². The first-order chi connectivity index (χ1) is 8.41. The van der Waals surface area contributed by atoms with Crippen molar-refractivity contribution in [2.45, 2.75) is 36.9 Å². The van der Waals surface area contributed by atoms with Crippen molar-refractivity contribution in [3.05, 3.63) is 12.2 Å². The molecule has 2 heterocycles. The molecule has 0 aromatic rings. The fourth-order valence-electron chi connectivity index (χ4n) is 2.66. The van der Waals surface area contributed by atoms with E-state index in [2.05, 4.69) is 23.9 Å². The van der Waals surface area contributed by atoms with Gasteiger partial charge >= 0.3 is 0 Å². The summed E-state index contributed by atoms with van der Waals surface area (Å²) in [6, 6.07) is 0. The van der Waals surface area contributed by atoms with Gasteiger partial charge in [0, 0.05) is 26.2 Å². The first-order valence-electron chi connectivity index (χ1n) is 6.93. The first-order valence-corrected chi connectivity index (χ1v) is 6.93. The van der Waals surface area contributed by atoms with Crippen molar-refractivity contribution in [2.24, 2.45) is 0 Å². The van der Waals surface area contributed by atoms with Crippen LogP contribution in [0.1, 0.15) is 25.7 Å². The summed E-state index contributed by atoms with van der Waals surface area (Å²) in [6.45, 7) is 3.67. The molecule has 0 aromatic carbocycles. The molecule has 2 N–H and O–H groups in total. The highest BCUT2D eigenvalue weighted by atomic mass is 16.3. The van der Waals surface area contributed by atoms with E-state index < -0.39 is 11.2 Å². The van der Waals surface area contributed by atoms with Gasteiger partial charge in [-0.25, -0.2) is 0 Å². The molecule has 18 heavy (non-hydrogen) atoms. The Balaban J connectivity index is 1.93. The van der Waals surface area contributed by atoms with Crippen LogP contribution in [0, 0.1) is 0 Å². The standard InChI is InChI=1S/C14H26N2O2/c1-15-9-5-13(17,6-10-15)3-4-14(18)7-11-16(2)12-8-14/h3-4,17-18H,5-12H2,1-2H3. The maximum atomic E-state index is 10.5. The summed E-state index contributed by atoms with van der Waals surface area (Å²) in [5.41, 5.74) is -1.43. The highest BCUT2D eigenvalue weighted by Crippen LogP contribution is 2.27. The molecule has 4 heteroatoms. The molecule has 4 nitrogen and oxygen atoms in total. The van der Waals surface area contributed by atoms with Gasteiger partial charge in [-0.2, -0.15) is 0 Å². The van der Waals surface area contributed by atoms with Crippen LogP contribution in [0.15, 0.2) is 12.2 Å². The number of hydrogen-bond donors (Lipinski definition) is 2. The largest absolute Gasteiger partial charge is 0.386 e. The lowest BCUT2D eigenvalue weighted by Crippen LogP contribution is -2.44. The molecular formula is C14H26N2O2. The maximum Gasteiger partial charge on any atom is 0.0853 e. The lowest BCUT2D eigenvalue weighted by atomic mass is 9.86. The summed E-state index contributed by atoms with van der Waals surface area (Å²) in [6.07, 6.45) is 6.74. The summed E-state index contributed by atoms with van der Waals surface area (Å²) >= 11 is 0. The molecule has 0 unspecified atom stereocenters. The predicted octanol–water partition coefficient (Wildman–Crippen LogP) is 0.456. The van der Waals surface area contributed by atoms with Crippen LogP contribution in [0.2, 0.25) is 0 Å². The highest BCUT2D eigenvalue weighted by molar-refractivity contribution is 5.11. The van der Waals surface area contributed by atoms with Gasteiger partial charge in [-0.15, -0.1) is 0 Å². The van der Waals surface area contributed by atoms with Crippen LogP contribution in [-0.2, 0) is 0 Å². The second kappa shape index (κ2) is 5.29. The van der Waals surface area contributed by atoms with Crippen molar-refractivity contribution in [3.63, 3.8) is 0 Å². The summed E-state index contributed by atoms with van der Waals surface area (Å²) in [7, 11) is 4.15. The molecule has 0 aliphatic carbocycles. The average Bonchev–Trinajstić information content (AvgIpc) is 2.36. The SMILES string of the molecule is CN1CCC(O)(C=CC2(O)CCN(C)CC2)CC1. The van der Waals surface area contributed by atoms with Gasteiger partial charge < -0.3 is 20.0 Å². The lowest BCUT2D eigenvalue weighted by molar-refractivity contribution is 0.0116. The molecule has 0 radical (unpaired) electrons. The van der Waals surface area contributed by atoms with E-state index in [0.29, 0.717) is 0 Å². The van der Waals surface area contributed by atoms with Crippen molar-refractivity contribution in [3.8, 4) is 0 Å². The van der Waals surface area contributed by atoms with E-state index in [1.165, 1.54) is 0 Å². The molecule has 0 aromatic heterocycles. The van der Waals surface area contributed by atoms with E-state index >= 15 is 0 Å². The minimum atomic E-state index is -0.717. The number of nitrogens with zero attached hydrogens (tertiary/aromatic N) is 2. The fraction of sp³-hybridized carbons (Fsp3) is 0.857. The summed E-state index contributed by atoms with van der Waals surface area (Å²) in [5.74, 6) is 0. The predicted molar refractivity (Wildman–Crippen MR) is 72.5 cm³/mol. The van der Waals surface area contributed by atoms with Crippen molar-refractivity contribution in [1.82, 2.24) is 9.80 Å². The van der Waals surface area contributed by atoms with Gasteiger partial charge in [0.15, 0.2) is 0 Å². The van der Waals surface area contributed by atoms with Gasteiger partial charge in [0.1, 0.15) is 0 Å². The third-order valence-corrected chi connectivity index (χ3v) is 4.41. The van der Waals surface area contributed by atoms with Crippen molar-refractivity contribution in [2.75, 3.05) is 40.3 Å². The molecule has 2 saturated heterocycles. The molecule has 0 atom stereocenters. The zero-order valence-electron chi connectivity index (χ0n) is 11.6. The molecule has 104 valence electrons. The Bertz CT molecular complexity index is 271. The van der Waals surface area contributed by atoms with Crippen LogP contribution in [0.25, 0.3) is 0 Å². The van der Waals surface area contributed by atoms with Crippen LogP contribution in [0.5, 0.6) is 0 Å². The summed E-state index contributed by atoms with van der Waals surface area (Å²) < 4.78 is 0. The minimum Gasteiger partial charge on any atom is -0.386 e. The molecule has 2 fully saturated rings. The summed E-state index contributed by atoms with van der Waals surface area (Å²) in [5, 5.41) is 20.9. The average molecular weight is 254 g/mol. The Labute approximate surface area is 110 Å². The van der Waals surface area contributed by atoms with Crippen molar-refractivity contribution < 1.29 is 10.2 Å². The Morgan fingerprint density at radius 1 is 0.722 bits per heavy atom. The molecule has 2 rings (SSSR count). The van der Waals surface area contributed by atoms with Crippen LogP contribution in [0.3, 0.4) is 0 Å². The summed E-state index contributed by atoms with van der Waals surface area (Å²) in [4.78, 5) is 4.46. The Kier molecular flexibility index (Phi) is 4.11. The topological polar surface area (TPSA) is 46.9 Å². The van der Waals surface area contributed by atoms with Gasteiger partial charge in [0.2, 0.25) is 0 Å². The lowest BCUT2D eigenvalue weighted by Gasteiger charge is -2.37. The number of hydrogen-bond acceptors (Lipinski definition) is 4. The molecule has 2 aliphatic heterocycles. The quantitative estimate of drug-likeness (QED) is 0.703. The van der Waals surface area contributed by atoms with Crippen molar-refractivity contribution >= 4 is 0 Å². The third-order valence-electron chi connectivity index (χ3n) is 4.41. The molecule has 0 amide bonds. The van der Waals surface area contributed by atoms with E-state index in [9.17, 15) is 10.2 Å². The van der Waals surface area contributed by atoms with Gasteiger partial charge in [-0.05, 0) is 39.8 Å². The molecule has 0 spiro atoms. The Morgan fingerprint density at radius 3 is 1.28 bits per heavy atom. The van der Waals surface area contributed by atoms with Gasteiger partial charge in [-0.1, -0.05) is 12.2 Å². The van der Waals surface area contributed by atoms with Crippen LogP contribution >= 0.6 is 0 Å². The van der Waals surface area contributed by atoms with E-state index in [4.69, 9.17) is 0 Å². The second-order valence-electron chi connectivity index (χ2n) is 6.15. The minimum absolute atomic E-state index is 0.717. The number of rotatable bonds is 2. The van der Waals surface area contributed by atoms with Crippen LogP contribution < -0.4 is 0 Å². The zero-order valence-corrected chi connectivity index (χ0v) is 11.6. The van der Waals surface area contributed by atoms with Gasteiger partial charge in [-0.3, -0.25) is 0 Å². The highest BCUT2D eigenvalue weighted by Gasteiger charge is 2.32. The molecular weight excluding hydrogens is 228 g/mol. The zero-order chi connectivity index (χ0) is 13.2. The number of aliphatic hydroxyl groups is 2. The maximum absolute atomic E-state index is 10.5. The fourth-order valence-corrected chi connectivity index (χ4v) is 2.66. The van der Waals surface area contributed by atoms with Crippen LogP contribution in [0.4, 0.5) is 0 Å². The molecule has 0 saturated carbocycles. The van der Waals surface area contributed by atoms with Gasteiger partial charge in [0.25, 0.3) is 0 Å². The molecule has 2 aliphatic rings. The smallest absolute Gasteiger partial charge is 0.0853 e. The van der Waals surface area contributed by atoms with Crippen molar-refractivity contribution in [1.29, 1.82) is 0 Å². The first kappa shape index (κ1) is 14.0. The normalized spacial score (nSPS) is 29.8.